The summed E-state index contributed by atoms with van der Waals surface area (Å²) in [6.07, 6.45) is 1.94. The Kier molecular flexibility index (Phi) is 4.52. The first-order valence-corrected chi connectivity index (χ1v) is 6.72. The first kappa shape index (κ1) is 14.0. The molecule has 0 bridgehead atoms. The average Bonchev–Trinajstić information content (AvgIpc) is 2.89. The molecule has 1 atom stereocenters. The number of nitrogens with zero attached hydrogens (tertiary/aromatic N) is 3. The molecule has 0 aliphatic carbocycles. The summed E-state index contributed by atoms with van der Waals surface area (Å²) in [5.41, 5.74) is 0. The Morgan fingerprint density at radius 3 is 3.00 bits per heavy atom. The summed E-state index contributed by atoms with van der Waals surface area (Å²) in [4.78, 5) is 18.1. The number of carbonyl (C=O) groups is 1. The topological polar surface area (TPSA) is 68.5 Å². The number of aromatic nitrogens is 2. The van der Waals surface area contributed by atoms with Crippen molar-refractivity contribution >= 4 is 5.91 Å². The number of hydrogen-bond donors (Lipinski definition) is 0. The molecule has 106 valence electrons. The molecule has 2 rings (SSSR count). The Bertz CT molecular complexity index is 431. The number of piperidine rings is 1. The molecule has 1 aliphatic rings. The lowest BCUT2D eigenvalue weighted by Gasteiger charge is -2.30. The second-order valence-electron chi connectivity index (χ2n) is 5.26. The van der Waals surface area contributed by atoms with E-state index in [2.05, 4.69) is 10.1 Å². The molecule has 1 aliphatic heterocycles. The number of methoxy groups -OCH3 is 1. The zero-order chi connectivity index (χ0) is 13.8. The third-order valence-electron chi connectivity index (χ3n) is 3.36. The Hall–Kier alpha value is -1.43. The van der Waals surface area contributed by atoms with E-state index >= 15 is 0 Å². The fraction of sp³-hybridized carbons (Fsp3) is 0.769. The summed E-state index contributed by atoms with van der Waals surface area (Å²) >= 11 is 0. The molecule has 0 spiro atoms. The third-order valence-corrected chi connectivity index (χ3v) is 3.36. The van der Waals surface area contributed by atoms with E-state index in [0.717, 1.165) is 25.2 Å². The molecule has 1 aromatic heterocycles. The molecule has 0 unspecified atom stereocenters. The molecular weight excluding hydrogens is 246 g/mol. The van der Waals surface area contributed by atoms with Crippen molar-refractivity contribution in [2.24, 2.45) is 0 Å². The Morgan fingerprint density at radius 1 is 1.58 bits per heavy atom. The van der Waals surface area contributed by atoms with Crippen LogP contribution in [0, 0.1) is 0 Å². The normalized spacial score (nSPS) is 20.0. The summed E-state index contributed by atoms with van der Waals surface area (Å²) in [6, 6.07) is 0. The number of carbonyl (C=O) groups excluding carboxylic acids is 1. The van der Waals surface area contributed by atoms with Crippen LogP contribution in [0.5, 0.6) is 0 Å². The third kappa shape index (κ3) is 3.32. The second kappa shape index (κ2) is 6.14. The number of likely N-dealkylation sites (tertiary alicyclic amines) is 1. The van der Waals surface area contributed by atoms with Crippen molar-refractivity contribution in [2.75, 3.05) is 26.8 Å². The summed E-state index contributed by atoms with van der Waals surface area (Å²) in [6.45, 7) is 5.62. The van der Waals surface area contributed by atoms with Crippen LogP contribution in [-0.4, -0.2) is 47.8 Å². The van der Waals surface area contributed by atoms with E-state index in [0.29, 0.717) is 12.4 Å². The van der Waals surface area contributed by atoms with Crippen molar-refractivity contribution in [3.05, 3.63) is 11.7 Å². The highest BCUT2D eigenvalue weighted by Gasteiger charge is 2.28. The number of amides is 1. The molecule has 0 saturated carbocycles. The lowest BCUT2D eigenvalue weighted by Crippen LogP contribution is -2.40. The molecular formula is C13H21N3O3. The van der Waals surface area contributed by atoms with Crippen LogP contribution < -0.4 is 0 Å². The Labute approximate surface area is 113 Å². The fourth-order valence-electron chi connectivity index (χ4n) is 2.27. The molecule has 2 heterocycles. The molecule has 1 aromatic rings. The van der Waals surface area contributed by atoms with Crippen LogP contribution in [0.1, 0.15) is 50.2 Å². The molecule has 1 fully saturated rings. The minimum atomic E-state index is 0.0239. The van der Waals surface area contributed by atoms with Crippen LogP contribution in [0.25, 0.3) is 0 Å². The monoisotopic (exact) mass is 267 g/mol. The number of hydrogen-bond acceptors (Lipinski definition) is 5. The molecule has 19 heavy (non-hydrogen) atoms. The standard InChI is InChI=1S/C13H21N3O3/c1-9(2)12-14-13(19-15-12)10-5-4-6-16(7-10)11(17)8-18-3/h9-10H,4-8H2,1-3H3/t10-/m1/s1. The molecule has 6 nitrogen and oxygen atoms in total. The second-order valence-corrected chi connectivity index (χ2v) is 5.26. The zero-order valence-electron chi connectivity index (χ0n) is 11.8. The summed E-state index contributed by atoms with van der Waals surface area (Å²) in [7, 11) is 1.53. The average molecular weight is 267 g/mol. The smallest absolute Gasteiger partial charge is 0.248 e. The molecule has 1 amide bonds. The quantitative estimate of drug-likeness (QED) is 0.827. The van der Waals surface area contributed by atoms with Gasteiger partial charge in [-0.15, -0.1) is 0 Å². The zero-order valence-corrected chi connectivity index (χ0v) is 11.8. The maximum Gasteiger partial charge on any atom is 0.248 e. The minimum absolute atomic E-state index is 0.0239. The van der Waals surface area contributed by atoms with Crippen LogP contribution in [0.2, 0.25) is 0 Å². The first-order valence-electron chi connectivity index (χ1n) is 6.72. The Morgan fingerprint density at radius 2 is 2.37 bits per heavy atom. The van der Waals surface area contributed by atoms with E-state index in [4.69, 9.17) is 9.26 Å². The molecule has 0 radical (unpaired) electrons. The summed E-state index contributed by atoms with van der Waals surface area (Å²) in [5.74, 6) is 1.81. The highest BCUT2D eigenvalue weighted by Crippen LogP contribution is 2.26. The maximum absolute atomic E-state index is 11.8. The molecule has 6 heteroatoms. The van der Waals surface area contributed by atoms with Gasteiger partial charge in [0.1, 0.15) is 6.61 Å². The van der Waals surface area contributed by atoms with Gasteiger partial charge in [-0.1, -0.05) is 19.0 Å². The Balaban J connectivity index is 2.02. The van der Waals surface area contributed by atoms with E-state index in [1.54, 1.807) is 0 Å². The highest BCUT2D eigenvalue weighted by atomic mass is 16.5. The van der Waals surface area contributed by atoms with Crippen molar-refractivity contribution in [1.29, 1.82) is 0 Å². The van der Waals surface area contributed by atoms with Crippen LogP contribution in [0.4, 0.5) is 0 Å². The van der Waals surface area contributed by atoms with Gasteiger partial charge in [0.05, 0.1) is 5.92 Å². The van der Waals surface area contributed by atoms with Crippen molar-refractivity contribution in [2.45, 2.75) is 38.5 Å². The van der Waals surface area contributed by atoms with Crippen molar-refractivity contribution in [3.63, 3.8) is 0 Å². The van der Waals surface area contributed by atoms with Gasteiger partial charge in [-0.25, -0.2) is 0 Å². The van der Waals surface area contributed by atoms with Crippen molar-refractivity contribution in [3.8, 4) is 0 Å². The van der Waals surface area contributed by atoms with Crippen molar-refractivity contribution < 1.29 is 14.1 Å². The van der Waals surface area contributed by atoms with Gasteiger partial charge in [0.25, 0.3) is 0 Å². The van der Waals surface area contributed by atoms with E-state index in [-0.39, 0.29) is 24.3 Å². The van der Waals surface area contributed by atoms with Gasteiger partial charge in [0.15, 0.2) is 5.82 Å². The van der Waals surface area contributed by atoms with Gasteiger partial charge >= 0.3 is 0 Å². The van der Waals surface area contributed by atoms with E-state index in [1.165, 1.54) is 7.11 Å². The van der Waals surface area contributed by atoms with Gasteiger partial charge in [0, 0.05) is 26.1 Å². The predicted octanol–water partition coefficient (Wildman–Crippen LogP) is 1.55. The van der Waals surface area contributed by atoms with Crippen LogP contribution >= 0.6 is 0 Å². The van der Waals surface area contributed by atoms with Crippen LogP contribution in [0.3, 0.4) is 0 Å². The van der Waals surface area contributed by atoms with Gasteiger partial charge in [-0.05, 0) is 12.8 Å². The van der Waals surface area contributed by atoms with Gasteiger partial charge in [-0.2, -0.15) is 4.98 Å². The number of ether oxygens (including phenoxy) is 1. The lowest BCUT2D eigenvalue weighted by atomic mass is 9.98. The lowest BCUT2D eigenvalue weighted by molar-refractivity contribution is -0.136. The summed E-state index contributed by atoms with van der Waals surface area (Å²) in [5, 5.41) is 3.98. The SMILES string of the molecule is COCC(=O)N1CCC[C@@H](c2nc(C(C)C)no2)C1. The predicted molar refractivity (Wildman–Crippen MR) is 68.8 cm³/mol. The minimum Gasteiger partial charge on any atom is -0.375 e. The molecule has 0 N–H and O–H groups in total. The fourth-order valence-corrected chi connectivity index (χ4v) is 2.27. The first-order chi connectivity index (χ1) is 9.11. The van der Waals surface area contributed by atoms with E-state index in [1.807, 2.05) is 18.7 Å². The van der Waals surface area contributed by atoms with Crippen molar-refractivity contribution in [1.82, 2.24) is 15.0 Å². The van der Waals surface area contributed by atoms with E-state index < -0.39 is 0 Å². The van der Waals surface area contributed by atoms with Crippen LogP contribution in [0.15, 0.2) is 4.52 Å². The van der Waals surface area contributed by atoms with Gasteiger partial charge in [-0.3, -0.25) is 4.79 Å². The molecule has 0 aromatic carbocycles. The van der Waals surface area contributed by atoms with Crippen LogP contribution in [-0.2, 0) is 9.53 Å². The van der Waals surface area contributed by atoms with Gasteiger partial charge in [0.2, 0.25) is 11.8 Å². The van der Waals surface area contributed by atoms with E-state index in [9.17, 15) is 4.79 Å². The maximum atomic E-state index is 11.8. The molecule has 1 saturated heterocycles. The highest BCUT2D eigenvalue weighted by molar-refractivity contribution is 5.77. The van der Waals surface area contributed by atoms with Gasteiger partial charge < -0.3 is 14.2 Å². The largest absolute Gasteiger partial charge is 0.375 e. The number of rotatable bonds is 4. The summed E-state index contributed by atoms with van der Waals surface area (Å²) < 4.78 is 10.2.